The van der Waals surface area contributed by atoms with Crippen molar-refractivity contribution < 1.29 is 23.1 Å². The molecule has 0 bridgehead atoms. The van der Waals surface area contributed by atoms with E-state index in [2.05, 4.69) is 0 Å². The number of fused-ring (bicyclic) bond motifs is 1. The monoisotopic (exact) mass is 456 g/mol. The van der Waals surface area contributed by atoms with Crippen LogP contribution in [0.1, 0.15) is 40.4 Å². The lowest BCUT2D eigenvalue weighted by Gasteiger charge is -2.37. The third-order valence-corrected chi connectivity index (χ3v) is 6.45. The third kappa shape index (κ3) is 4.85. The van der Waals surface area contributed by atoms with Gasteiger partial charge < -0.3 is 19.0 Å². The summed E-state index contributed by atoms with van der Waals surface area (Å²) in [6.45, 7) is 3.12. The van der Waals surface area contributed by atoms with Gasteiger partial charge >= 0.3 is 0 Å². The van der Waals surface area contributed by atoms with Crippen LogP contribution >= 0.6 is 11.3 Å². The Morgan fingerprint density at radius 3 is 2.91 bits per heavy atom. The standard InChI is InChI=1S/C24H25FN2O4S/c1-2-10-26(24(29)21-7-4-12-30-21)15-23(28)27-11-8-22-19(9-13-32-22)20(27)16-31-18-6-3-5-17(25)14-18/h3-7,9,12-14,20H,2,8,10-11,15-16H2,1H3/t20-/m0/s1. The second kappa shape index (κ2) is 9.99. The van der Waals surface area contributed by atoms with Crippen molar-refractivity contribution in [2.24, 2.45) is 0 Å². The highest BCUT2D eigenvalue weighted by Crippen LogP contribution is 2.34. The van der Waals surface area contributed by atoms with Crippen molar-refractivity contribution in [1.82, 2.24) is 9.80 Å². The minimum absolute atomic E-state index is 0.0384. The summed E-state index contributed by atoms with van der Waals surface area (Å²) >= 11 is 1.66. The first-order valence-corrected chi connectivity index (χ1v) is 11.5. The fraction of sp³-hybridized carbons (Fsp3) is 0.333. The van der Waals surface area contributed by atoms with E-state index in [0.29, 0.717) is 18.8 Å². The maximum absolute atomic E-state index is 13.5. The van der Waals surface area contributed by atoms with Crippen LogP contribution < -0.4 is 4.74 Å². The zero-order valence-corrected chi connectivity index (χ0v) is 18.6. The van der Waals surface area contributed by atoms with Gasteiger partial charge in [0.15, 0.2) is 5.76 Å². The number of ether oxygens (including phenoxy) is 1. The van der Waals surface area contributed by atoms with E-state index in [9.17, 15) is 14.0 Å². The van der Waals surface area contributed by atoms with Gasteiger partial charge in [-0.1, -0.05) is 13.0 Å². The smallest absolute Gasteiger partial charge is 0.290 e. The van der Waals surface area contributed by atoms with Gasteiger partial charge in [-0.15, -0.1) is 11.3 Å². The van der Waals surface area contributed by atoms with Crippen molar-refractivity contribution in [3.63, 3.8) is 0 Å². The van der Waals surface area contributed by atoms with Gasteiger partial charge in [0, 0.05) is 24.0 Å². The lowest BCUT2D eigenvalue weighted by molar-refractivity contribution is -0.135. The molecule has 0 radical (unpaired) electrons. The number of carbonyl (C=O) groups is 2. The van der Waals surface area contributed by atoms with Crippen LogP contribution in [-0.2, 0) is 11.2 Å². The molecule has 2 aromatic heterocycles. The number of amides is 2. The van der Waals surface area contributed by atoms with E-state index in [1.54, 1.807) is 40.5 Å². The predicted molar refractivity (Wildman–Crippen MR) is 119 cm³/mol. The Balaban J connectivity index is 1.51. The van der Waals surface area contributed by atoms with Crippen molar-refractivity contribution in [3.05, 3.63) is 76.1 Å². The van der Waals surface area contributed by atoms with Crippen molar-refractivity contribution in [2.45, 2.75) is 25.8 Å². The van der Waals surface area contributed by atoms with Gasteiger partial charge in [-0.25, -0.2) is 4.39 Å². The van der Waals surface area contributed by atoms with E-state index in [-0.39, 0.29) is 42.6 Å². The number of benzene rings is 1. The highest BCUT2D eigenvalue weighted by molar-refractivity contribution is 7.10. The number of nitrogens with zero attached hydrogens (tertiary/aromatic N) is 2. The molecule has 0 aliphatic carbocycles. The molecular formula is C24H25FN2O4S. The first-order chi connectivity index (χ1) is 15.6. The Morgan fingerprint density at radius 2 is 2.16 bits per heavy atom. The largest absolute Gasteiger partial charge is 0.491 e. The maximum atomic E-state index is 13.5. The van der Waals surface area contributed by atoms with Crippen molar-refractivity contribution in [2.75, 3.05) is 26.2 Å². The average Bonchev–Trinajstić information content (AvgIpc) is 3.48. The molecule has 32 heavy (non-hydrogen) atoms. The molecule has 3 aromatic rings. The normalized spacial score (nSPS) is 15.3. The summed E-state index contributed by atoms with van der Waals surface area (Å²) in [5.74, 6) is -0.188. The molecule has 0 unspecified atom stereocenters. The number of carbonyl (C=O) groups excluding carboxylic acids is 2. The first kappa shape index (κ1) is 22.1. The molecule has 1 aliphatic heterocycles. The van der Waals surface area contributed by atoms with Crippen molar-refractivity contribution in [3.8, 4) is 5.75 Å². The summed E-state index contributed by atoms with van der Waals surface area (Å²) in [5, 5.41) is 2.01. The molecule has 0 fully saturated rings. The number of thiophene rings is 1. The van der Waals surface area contributed by atoms with Crippen LogP contribution in [0.15, 0.2) is 58.5 Å². The molecule has 1 aromatic carbocycles. The molecule has 0 saturated carbocycles. The van der Waals surface area contributed by atoms with Crippen LogP contribution in [0.25, 0.3) is 0 Å². The number of hydrogen-bond donors (Lipinski definition) is 0. The Morgan fingerprint density at radius 1 is 1.28 bits per heavy atom. The minimum Gasteiger partial charge on any atom is -0.491 e. The fourth-order valence-electron chi connectivity index (χ4n) is 3.94. The van der Waals surface area contributed by atoms with Gasteiger partial charge in [0.25, 0.3) is 5.91 Å². The van der Waals surface area contributed by atoms with Crippen LogP contribution in [0.4, 0.5) is 4.39 Å². The Labute approximate surface area is 190 Å². The molecule has 1 aliphatic rings. The number of furan rings is 1. The fourth-order valence-corrected chi connectivity index (χ4v) is 4.87. The van der Waals surface area contributed by atoms with Crippen molar-refractivity contribution in [1.29, 1.82) is 0 Å². The van der Waals surface area contributed by atoms with E-state index in [4.69, 9.17) is 9.15 Å². The van der Waals surface area contributed by atoms with E-state index in [0.717, 1.165) is 18.4 Å². The van der Waals surface area contributed by atoms with E-state index < -0.39 is 0 Å². The minimum atomic E-state index is -0.373. The highest BCUT2D eigenvalue weighted by atomic mass is 32.1. The molecule has 0 saturated heterocycles. The first-order valence-electron chi connectivity index (χ1n) is 10.6. The topological polar surface area (TPSA) is 63.0 Å². The van der Waals surface area contributed by atoms with Gasteiger partial charge in [0.05, 0.1) is 12.3 Å². The third-order valence-electron chi connectivity index (χ3n) is 5.46. The summed E-state index contributed by atoms with van der Waals surface area (Å²) in [6.07, 6.45) is 2.93. The van der Waals surface area contributed by atoms with Gasteiger partial charge in [-0.2, -0.15) is 0 Å². The molecule has 3 heterocycles. The molecule has 0 N–H and O–H groups in total. The maximum Gasteiger partial charge on any atom is 0.290 e. The van der Waals surface area contributed by atoms with E-state index >= 15 is 0 Å². The number of hydrogen-bond acceptors (Lipinski definition) is 5. The molecule has 2 amide bonds. The van der Waals surface area contributed by atoms with Crippen LogP contribution in [0.5, 0.6) is 5.75 Å². The van der Waals surface area contributed by atoms with Gasteiger partial charge in [-0.05, 0) is 54.1 Å². The molecule has 0 spiro atoms. The summed E-state index contributed by atoms with van der Waals surface area (Å²) in [4.78, 5) is 30.7. The van der Waals surface area contributed by atoms with E-state index in [1.807, 2.05) is 18.4 Å². The molecule has 1 atom stereocenters. The van der Waals surface area contributed by atoms with Crippen LogP contribution in [-0.4, -0.2) is 47.9 Å². The lowest BCUT2D eigenvalue weighted by Crippen LogP contribution is -2.48. The highest BCUT2D eigenvalue weighted by Gasteiger charge is 2.33. The summed E-state index contributed by atoms with van der Waals surface area (Å²) in [7, 11) is 0. The van der Waals surface area contributed by atoms with Gasteiger partial charge in [0.1, 0.15) is 24.7 Å². The molecule has 6 nitrogen and oxygen atoms in total. The second-order valence-corrected chi connectivity index (χ2v) is 8.63. The lowest BCUT2D eigenvalue weighted by atomic mass is 10.0. The molecular weight excluding hydrogens is 431 g/mol. The quantitative estimate of drug-likeness (QED) is 0.499. The summed E-state index contributed by atoms with van der Waals surface area (Å²) in [5.41, 5.74) is 1.05. The number of rotatable bonds is 8. The Hall–Kier alpha value is -3.13. The zero-order chi connectivity index (χ0) is 22.5. The molecule has 168 valence electrons. The van der Waals surface area contributed by atoms with Gasteiger partial charge in [0.2, 0.25) is 5.91 Å². The second-order valence-electron chi connectivity index (χ2n) is 7.62. The molecule has 4 rings (SSSR count). The van der Waals surface area contributed by atoms with Crippen LogP contribution in [0, 0.1) is 5.82 Å². The number of halogens is 1. The Bertz CT molecular complexity index is 1070. The zero-order valence-electron chi connectivity index (χ0n) is 17.8. The molecule has 8 heteroatoms. The van der Waals surface area contributed by atoms with E-state index in [1.165, 1.54) is 28.2 Å². The summed E-state index contributed by atoms with van der Waals surface area (Å²) in [6, 6.07) is 10.9. The SMILES string of the molecule is CCCN(CC(=O)N1CCc2sccc2[C@@H]1COc1cccc(F)c1)C(=O)c1ccco1. The average molecular weight is 457 g/mol. The van der Waals surface area contributed by atoms with Crippen molar-refractivity contribution >= 4 is 23.2 Å². The summed E-state index contributed by atoms with van der Waals surface area (Å²) < 4.78 is 24.7. The predicted octanol–water partition coefficient (Wildman–Crippen LogP) is 4.54. The Kier molecular flexibility index (Phi) is 6.90. The van der Waals surface area contributed by atoms with Gasteiger partial charge in [-0.3, -0.25) is 9.59 Å². The van der Waals surface area contributed by atoms with Crippen LogP contribution in [0.2, 0.25) is 0 Å². The van der Waals surface area contributed by atoms with Crippen LogP contribution in [0.3, 0.4) is 0 Å².